The monoisotopic (exact) mass is 368 g/mol. The van der Waals surface area contributed by atoms with Gasteiger partial charge >= 0.3 is 0 Å². The van der Waals surface area contributed by atoms with Gasteiger partial charge in [-0.25, -0.2) is 19.9 Å². The molecular weight excluding hydrogens is 344 g/mol. The van der Waals surface area contributed by atoms with E-state index in [1.54, 1.807) is 17.3 Å². The number of carbonyl (C=O) groups excluding carboxylic acids is 1. The van der Waals surface area contributed by atoms with Crippen LogP contribution in [0.1, 0.15) is 40.3 Å². The highest BCUT2D eigenvalue weighted by molar-refractivity contribution is 5.93. The second kappa shape index (κ2) is 6.84. The molecule has 0 aromatic carbocycles. The lowest BCUT2D eigenvalue weighted by atomic mass is 9.83. The normalized spacial score (nSPS) is 18.3. The maximum absolute atomic E-state index is 12.8. The molecule has 2 aromatic heterocycles. The molecule has 1 saturated heterocycles. The zero-order valence-corrected chi connectivity index (χ0v) is 16.0. The van der Waals surface area contributed by atoms with Crippen molar-refractivity contribution in [3.63, 3.8) is 0 Å². The smallest absolute Gasteiger partial charge is 0.256 e. The summed E-state index contributed by atoms with van der Waals surface area (Å²) in [7, 11) is 3.74. The molecule has 8 nitrogen and oxygen atoms in total. The number of anilines is 1. The molecule has 2 aliphatic heterocycles. The molecule has 8 heteroatoms. The lowest BCUT2D eigenvalue weighted by Crippen LogP contribution is -2.49. The van der Waals surface area contributed by atoms with Crippen LogP contribution in [0.5, 0.6) is 0 Å². The Morgan fingerprint density at radius 1 is 1.15 bits per heavy atom. The molecule has 1 fully saturated rings. The van der Waals surface area contributed by atoms with Crippen molar-refractivity contribution in [1.29, 1.82) is 0 Å². The predicted molar refractivity (Wildman–Crippen MR) is 99.6 cm³/mol. The first-order valence-electron chi connectivity index (χ1n) is 9.24. The minimum atomic E-state index is -0.399. The molecule has 4 heterocycles. The number of aromatic nitrogens is 4. The number of fused-ring (bicyclic) bond motifs is 2. The summed E-state index contributed by atoms with van der Waals surface area (Å²) in [5.74, 6) is 1.31. The van der Waals surface area contributed by atoms with Crippen LogP contribution in [0.15, 0.2) is 18.6 Å². The Bertz CT molecular complexity index is 844. The molecule has 0 atom stereocenters. The summed E-state index contributed by atoms with van der Waals surface area (Å²) in [6.45, 7) is 3.82. The van der Waals surface area contributed by atoms with Crippen molar-refractivity contribution < 1.29 is 9.53 Å². The van der Waals surface area contributed by atoms with Gasteiger partial charge in [-0.2, -0.15) is 0 Å². The Morgan fingerprint density at radius 3 is 2.52 bits per heavy atom. The van der Waals surface area contributed by atoms with Gasteiger partial charge in [-0.05, 0) is 31.7 Å². The zero-order valence-electron chi connectivity index (χ0n) is 16.0. The topological polar surface area (TPSA) is 84.3 Å². The molecule has 0 unspecified atom stereocenters. The van der Waals surface area contributed by atoms with Gasteiger partial charge in [0.25, 0.3) is 5.91 Å². The van der Waals surface area contributed by atoms with Crippen molar-refractivity contribution in [3.05, 3.63) is 41.2 Å². The molecule has 142 valence electrons. The Labute approximate surface area is 158 Å². The van der Waals surface area contributed by atoms with E-state index >= 15 is 0 Å². The first-order valence-corrected chi connectivity index (χ1v) is 9.24. The summed E-state index contributed by atoms with van der Waals surface area (Å²) >= 11 is 0. The number of amides is 1. The van der Waals surface area contributed by atoms with Gasteiger partial charge in [0, 0.05) is 45.8 Å². The molecule has 1 amide bonds. The molecule has 0 aliphatic carbocycles. The van der Waals surface area contributed by atoms with Crippen molar-refractivity contribution in [3.8, 4) is 0 Å². The van der Waals surface area contributed by atoms with Gasteiger partial charge in [-0.3, -0.25) is 4.79 Å². The molecule has 1 spiro atoms. The van der Waals surface area contributed by atoms with E-state index in [1.807, 2.05) is 32.1 Å². The summed E-state index contributed by atoms with van der Waals surface area (Å²) < 4.78 is 6.21. The number of aryl methyl sites for hydroxylation is 1. The number of hydrogen-bond donors (Lipinski definition) is 0. The maximum atomic E-state index is 12.8. The summed E-state index contributed by atoms with van der Waals surface area (Å²) in [6.07, 6.45) is 7.42. The highest BCUT2D eigenvalue weighted by Crippen LogP contribution is 2.40. The summed E-state index contributed by atoms with van der Waals surface area (Å²) in [5, 5.41) is 0. The van der Waals surface area contributed by atoms with Crippen LogP contribution < -0.4 is 4.90 Å². The first kappa shape index (κ1) is 17.8. The Morgan fingerprint density at radius 2 is 1.85 bits per heavy atom. The van der Waals surface area contributed by atoms with Gasteiger partial charge in [0.15, 0.2) is 0 Å². The van der Waals surface area contributed by atoms with Gasteiger partial charge < -0.3 is 14.5 Å². The van der Waals surface area contributed by atoms with Crippen LogP contribution in [0.3, 0.4) is 0 Å². The van der Waals surface area contributed by atoms with E-state index in [9.17, 15) is 4.79 Å². The highest BCUT2D eigenvalue weighted by Gasteiger charge is 2.43. The zero-order chi connectivity index (χ0) is 19.0. The third-order valence-electron chi connectivity index (χ3n) is 5.31. The van der Waals surface area contributed by atoms with Crippen LogP contribution in [0.2, 0.25) is 0 Å². The Kier molecular flexibility index (Phi) is 4.51. The van der Waals surface area contributed by atoms with Crippen LogP contribution in [-0.2, 0) is 16.8 Å². The van der Waals surface area contributed by atoms with Gasteiger partial charge in [0.1, 0.15) is 11.4 Å². The second-order valence-electron chi connectivity index (χ2n) is 7.34. The van der Waals surface area contributed by atoms with Crippen LogP contribution in [0.4, 0.5) is 5.95 Å². The SMILES string of the molecule is Cc1ncc2c(n1)C1(CCN(C(=O)c3cnc(N(C)C)nc3)CC1)OCC2. The van der Waals surface area contributed by atoms with Crippen LogP contribution in [0, 0.1) is 6.92 Å². The van der Waals surface area contributed by atoms with E-state index in [4.69, 9.17) is 4.74 Å². The first-order chi connectivity index (χ1) is 13.0. The number of piperidine rings is 1. The second-order valence-corrected chi connectivity index (χ2v) is 7.34. The molecule has 0 radical (unpaired) electrons. The molecule has 2 aliphatic rings. The molecule has 0 N–H and O–H groups in total. The molecule has 0 saturated carbocycles. The van der Waals surface area contributed by atoms with Crippen molar-refractivity contribution in [2.75, 3.05) is 38.7 Å². The number of likely N-dealkylation sites (tertiary alicyclic amines) is 1. The molecule has 0 bridgehead atoms. The maximum Gasteiger partial charge on any atom is 0.256 e. The fraction of sp³-hybridized carbons (Fsp3) is 0.526. The predicted octanol–water partition coefficient (Wildman–Crippen LogP) is 1.35. The van der Waals surface area contributed by atoms with E-state index in [0.717, 1.165) is 30.8 Å². The lowest BCUT2D eigenvalue weighted by molar-refractivity contribution is -0.0968. The number of ether oxygens (including phenoxy) is 1. The van der Waals surface area contributed by atoms with Gasteiger partial charge in [0.2, 0.25) is 5.95 Å². The van der Waals surface area contributed by atoms with Crippen molar-refractivity contribution in [2.24, 2.45) is 0 Å². The number of rotatable bonds is 2. The van der Waals surface area contributed by atoms with E-state index in [0.29, 0.717) is 31.2 Å². The van der Waals surface area contributed by atoms with Gasteiger partial charge in [0.05, 0.1) is 17.9 Å². The largest absolute Gasteiger partial charge is 0.368 e. The molecule has 4 rings (SSSR count). The summed E-state index contributed by atoms with van der Waals surface area (Å²) in [5.41, 5.74) is 2.29. The third kappa shape index (κ3) is 3.25. The van der Waals surface area contributed by atoms with Gasteiger partial charge in [-0.1, -0.05) is 0 Å². The average Bonchev–Trinajstić information content (AvgIpc) is 2.69. The van der Waals surface area contributed by atoms with E-state index in [1.165, 1.54) is 5.56 Å². The summed E-state index contributed by atoms with van der Waals surface area (Å²) in [4.78, 5) is 34.0. The molecule has 2 aromatic rings. The Balaban J connectivity index is 1.49. The van der Waals surface area contributed by atoms with E-state index in [-0.39, 0.29) is 5.91 Å². The van der Waals surface area contributed by atoms with E-state index in [2.05, 4.69) is 19.9 Å². The van der Waals surface area contributed by atoms with Crippen molar-refractivity contribution in [2.45, 2.75) is 31.8 Å². The fourth-order valence-electron chi connectivity index (χ4n) is 3.79. The molecule has 27 heavy (non-hydrogen) atoms. The van der Waals surface area contributed by atoms with Gasteiger partial charge in [-0.15, -0.1) is 0 Å². The molecular formula is C19H24N6O2. The highest BCUT2D eigenvalue weighted by atomic mass is 16.5. The van der Waals surface area contributed by atoms with E-state index < -0.39 is 5.60 Å². The van der Waals surface area contributed by atoms with Crippen LogP contribution in [0.25, 0.3) is 0 Å². The number of hydrogen-bond acceptors (Lipinski definition) is 7. The van der Waals surface area contributed by atoms with Crippen LogP contribution in [-0.4, -0.2) is 64.5 Å². The lowest BCUT2D eigenvalue weighted by Gasteiger charge is -2.44. The summed E-state index contributed by atoms with van der Waals surface area (Å²) in [6, 6.07) is 0. The fourth-order valence-corrected chi connectivity index (χ4v) is 3.79. The minimum absolute atomic E-state index is 0.0370. The van der Waals surface area contributed by atoms with Crippen molar-refractivity contribution in [1.82, 2.24) is 24.8 Å². The quantitative estimate of drug-likeness (QED) is 0.791. The standard InChI is InChI=1S/C19H24N6O2/c1-13-20-10-14-4-9-27-19(16(14)23-13)5-7-25(8-6-19)17(26)15-11-21-18(22-12-15)24(2)3/h10-12H,4-9H2,1-3H3. The number of nitrogens with zero attached hydrogens (tertiary/aromatic N) is 6. The number of carbonyl (C=O) groups is 1. The van der Waals surface area contributed by atoms with Crippen LogP contribution >= 0.6 is 0 Å². The Hall–Kier alpha value is -2.61. The minimum Gasteiger partial charge on any atom is -0.368 e. The third-order valence-corrected chi connectivity index (χ3v) is 5.31. The van der Waals surface area contributed by atoms with Crippen molar-refractivity contribution >= 4 is 11.9 Å². The average molecular weight is 368 g/mol.